The fourth-order valence-corrected chi connectivity index (χ4v) is 4.35. The zero-order valence-corrected chi connectivity index (χ0v) is 19.8. The number of hydrogen-bond acceptors (Lipinski definition) is 10. The summed E-state index contributed by atoms with van der Waals surface area (Å²) in [6.45, 7) is 2.24. The van der Waals surface area contributed by atoms with Crippen LogP contribution in [-0.4, -0.2) is 81.0 Å². The van der Waals surface area contributed by atoms with Crippen molar-refractivity contribution < 1.29 is 28.5 Å². The summed E-state index contributed by atoms with van der Waals surface area (Å²) in [5, 5.41) is 0.604. The van der Waals surface area contributed by atoms with Gasteiger partial charge in [-0.2, -0.15) is 4.98 Å². The number of nitrogens with zero attached hydrogens (tertiary/aromatic N) is 4. The molecular formula is C24H27N5O6. The first-order valence-corrected chi connectivity index (χ1v) is 11.2. The largest absolute Gasteiger partial charge is 0.493 e. The number of ether oxygens (including phenoxy) is 5. The fourth-order valence-electron chi connectivity index (χ4n) is 4.35. The van der Waals surface area contributed by atoms with E-state index in [-0.39, 0.29) is 12.5 Å². The Morgan fingerprint density at radius 3 is 2.40 bits per heavy atom. The Labute approximate surface area is 202 Å². The number of hydrogen-bond donors (Lipinski definition) is 1. The number of benzene rings is 2. The molecule has 0 bridgehead atoms. The van der Waals surface area contributed by atoms with Crippen molar-refractivity contribution in [2.24, 2.45) is 0 Å². The second kappa shape index (κ2) is 9.24. The number of rotatable bonds is 5. The number of aromatic nitrogens is 2. The molecule has 3 aromatic rings. The van der Waals surface area contributed by atoms with Crippen LogP contribution in [-0.2, 0) is 4.79 Å². The van der Waals surface area contributed by atoms with Gasteiger partial charge in [-0.3, -0.25) is 4.79 Å². The highest BCUT2D eigenvalue weighted by Gasteiger charge is 2.33. The van der Waals surface area contributed by atoms with Gasteiger partial charge in [-0.05, 0) is 18.2 Å². The average molecular weight is 482 g/mol. The molecule has 35 heavy (non-hydrogen) atoms. The van der Waals surface area contributed by atoms with Crippen LogP contribution >= 0.6 is 0 Å². The highest BCUT2D eigenvalue weighted by atomic mass is 16.6. The lowest BCUT2D eigenvalue weighted by Crippen LogP contribution is -2.54. The van der Waals surface area contributed by atoms with Gasteiger partial charge in [0.05, 0.1) is 26.7 Å². The average Bonchev–Trinajstić information content (AvgIpc) is 2.91. The second-order valence-corrected chi connectivity index (χ2v) is 8.13. The number of fused-ring (bicyclic) bond motifs is 2. The van der Waals surface area contributed by atoms with Gasteiger partial charge in [-0.15, -0.1) is 0 Å². The number of carbonyl (C=O) groups excluding carboxylic acids is 1. The van der Waals surface area contributed by atoms with Crippen LogP contribution in [0.25, 0.3) is 10.9 Å². The third kappa shape index (κ3) is 4.02. The third-order valence-corrected chi connectivity index (χ3v) is 6.17. The normalized spacial score (nSPS) is 17.3. The summed E-state index contributed by atoms with van der Waals surface area (Å²) in [5.41, 5.74) is 6.82. The molecule has 1 saturated heterocycles. The third-order valence-electron chi connectivity index (χ3n) is 6.17. The topological polar surface area (TPSA) is 122 Å². The monoisotopic (exact) mass is 481 g/mol. The maximum atomic E-state index is 13.1. The van der Waals surface area contributed by atoms with Crippen molar-refractivity contribution in [1.29, 1.82) is 0 Å². The summed E-state index contributed by atoms with van der Waals surface area (Å²) in [6.07, 6.45) is -0.671. The van der Waals surface area contributed by atoms with Crippen LogP contribution in [0.1, 0.15) is 0 Å². The molecule has 1 unspecified atom stereocenters. The maximum absolute atomic E-state index is 13.1. The van der Waals surface area contributed by atoms with Gasteiger partial charge in [0.2, 0.25) is 17.8 Å². The van der Waals surface area contributed by atoms with Gasteiger partial charge in [0.25, 0.3) is 5.91 Å². The summed E-state index contributed by atoms with van der Waals surface area (Å²) in [5.74, 6) is 3.21. The standard InChI is InChI=1S/C24H27N5O6/c1-31-17-12-14-19(21(33-3)20(17)32-2)26-24(27-22(14)25)29-10-8-28(9-11-29)23(30)18-13-34-15-6-4-5-7-16(15)35-18/h4-7,12,18H,8-11,13H2,1-3H3,(H2,25,26,27). The first kappa shape index (κ1) is 22.6. The molecule has 1 atom stereocenters. The van der Waals surface area contributed by atoms with Crippen molar-refractivity contribution in [2.45, 2.75) is 6.10 Å². The SMILES string of the molecule is COc1cc2c(N)nc(N3CCN(C(=O)C4COc5ccccc5O4)CC3)nc2c(OC)c1OC. The van der Waals surface area contributed by atoms with Crippen LogP contribution in [0.5, 0.6) is 28.7 Å². The summed E-state index contributed by atoms with van der Waals surface area (Å²) >= 11 is 0. The number of nitrogen functional groups attached to an aromatic ring is 1. The lowest BCUT2D eigenvalue weighted by atomic mass is 10.2. The molecule has 0 spiro atoms. The van der Waals surface area contributed by atoms with E-state index >= 15 is 0 Å². The molecule has 5 rings (SSSR count). The molecule has 11 heteroatoms. The molecular weight excluding hydrogens is 454 g/mol. The predicted octanol–water partition coefficient (Wildman–Crippen LogP) is 1.73. The van der Waals surface area contributed by atoms with Crippen molar-refractivity contribution in [3.8, 4) is 28.7 Å². The van der Waals surface area contributed by atoms with E-state index in [0.29, 0.717) is 77.6 Å². The van der Waals surface area contributed by atoms with Crippen LogP contribution in [0.4, 0.5) is 11.8 Å². The molecule has 1 amide bonds. The summed E-state index contributed by atoms with van der Waals surface area (Å²) in [7, 11) is 4.61. The Morgan fingerprint density at radius 2 is 1.71 bits per heavy atom. The van der Waals surface area contributed by atoms with Gasteiger partial charge >= 0.3 is 0 Å². The summed E-state index contributed by atoms with van der Waals surface area (Å²) in [6, 6.07) is 9.08. The van der Waals surface area contributed by atoms with Crippen molar-refractivity contribution in [2.75, 3.05) is 64.7 Å². The van der Waals surface area contributed by atoms with Gasteiger partial charge in [0, 0.05) is 26.2 Å². The number of anilines is 2. The second-order valence-electron chi connectivity index (χ2n) is 8.13. The number of nitrogens with two attached hydrogens (primary N) is 1. The van der Waals surface area contributed by atoms with Crippen molar-refractivity contribution >= 4 is 28.6 Å². The minimum atomic E-state index is -0.671. The van der Waals surface area contributed by atoms with Crippen LogP contribution in [0.15, 0.2) is 30.3 Å². The first-order valence-electron chi connectivity index (χ1n) is 11.2. The number of piperazine rings is 1. The van der Waals surface area contributed by atoms with Gasteiger partial charge in [-0.25, -0.2) is 4.98 Å². The number of amides is 1. The minimum absolute atomic E-state index is 0.100. The van der Waals surface area contributed by atoms with E-state index < -0.39 is 6.10 Å². The lowest BCUT2D eigenvalue weighted by molar-refractivity contribution is -0.141. The number of para-hydroxylation sites is 2. The van der Waals surface area contributed by atoms with E-state index in [1.807, 2.05) is 23.1 Å². The van der Waals surface area contributed by atoms with E-state index in [2.05, 4.69) is 4.98 Å². The maximum Gasteiger partial charge on any atom is 0.267 e. The summed E-state index contributed by atoms with van der Waals surface area (Å²) in [4.78, 5) is 26.1. The minimum Gasteiger partial charge on any atom is -0.493 e. The molecule has 0 saturated carbocycles. The Kier molecular flexibility index (Phi) is 5.98. The fraction of sp³-hybridized carbons (Fsp3) is 0.375. The van der Waals surface area contributed by atoms with Crippen molar-refractivity contribution in [3.05, 3.63) is 30.3 Å². The van der Waals surface area contributed by atoms with Crippen LogP contribution < -0.4 is 34.3 Å². The highest BCUT2D eigenvalue weighted by molar-refractivity contribution is 5.97. The molecule has 2 aromatic carbocycles. The lowest BCUT2D eigenvalue weighted by Gasteiger charge is -2.37. The molecule has 0 aliphatic carbocycles. The van der Waals surface area contributed by atoms with Crippen LogP contribution in [0.3, 0.4) is 0 Å². The highest BCUT2D eigenvalue weighted by Crippen LogP contribution is 2.44. The molecule has 1 fully saturated rings. The van der Waals surface area contributed by atoms with E-state index in [4.69, 9.17) is 34.4 Å². The van der Waals surface area contributed by atoms with Gasteiger partial charge in [-0.1, -0.05) is 12.1 Å². The molecule has 3 heterocycles. The zero-order valence-electron chi connectivity index (χ0n) is 19.8. The first-order chi connectivity index (χ1) is 17.0. The van der Waals surface area contributed by atoms with Crippen molar-refractivity contribution in [3.63, 3.8) is 0 Å². The van der Waals surface area contributed by atoms with Gasteiger partial charge < -0.3 is 39.2 Å². The number of methoxy groups -OCH3 is 3. The Morgan fingerprint density at radius 1 is 1.00 bits per heavy atom. The summed E-state index contributed by atoms with van der Waals surface area (Å²) < 4.78 is 28.1. The molecule has 2 aliphatic rings. The van der Waals surface area contributed by atoms with Gasteiger partial charge in [0.1, 0.15) is 17.9 Å². The Balaban J connectivity index is 1.33. The van der Waals surface area contributed by atoms with E-state index in [1.165, 1.54) is 14.2 Å². The number of carbonyl (C=O) groups is 1. The van der Waals surface area contributed by atoms with E-state index in [0.717, 1.165) is 0 Å². The Hall–Kier alpha value is -4.15. The molecule has 2 aliphatic heterocycles. The molecule has 2 N–H and O–H groups in total. The molecule has 1 aromatic heterocycles. The molecule has 11 nitrogen and oxygen atoms in total. The Bertz CT molecular complexity index is 1260. The van der Waals surface area contributed by atoms with Crippen LogP contribution in [0, 0.1) is 0 Å². The molecule has 184 valence electrons. The van der Waals surface area contributed by atoms with Crippen LogP contribution in [0.2, 0.25) is 0 Å². The molecule has 0 radical (unpaired) electrons. The smallest absolute Gasteiger partial charge is 0.267 e. The predicted molar refractivity (Wildman–Crippen MR) is 129 cm³/mol. The van der Waals surface area contributed by atoms with Crippen molar-refractivity contribution in [1.82, 2.24) is 14.9 Å². The van der Waals surface area contributed by atoms with Gasteiger partial charge in [0.15, 0.2) is 23.0 Å². The van der Waals surface area contributed by atoms with E-state index in [9.17, 15) is 4.79 Å². The quantitative estimate of drug-likeness (QED) is 0.576. The zero-order chi connectivity index (χ0) is 24.5. The van der Waals surface area contributed by atoms with E-state index in [1.54, 1.807) is 24.1 Å².